The number of fused-ring (bicyclic) bond motifs is 1. The monoisotopic (exact) mass is 348 g/mol. The van der Waals surface area contributed by atoms with Crippen LogP contribution in [0.25, 0.3) is 16.6 Å². The van der Waals surface area contributed by atoms with Gasteiger partial charge in [0, 0.05) is 26.2 Å². The molecule has 1 aromatic heterocycles. The van der Waals surface area contributed by atoms with Gasteiger partial charge in [-0.3, -0.25) is 14.3 Å². The first-order chi connectivity index (χ1) is 12.6. The van der Waals surface area contributed by atoms with Crippen molar-refractivity contribution in [2.75, 3.05) is 26.2 Å². The van der Waals surface area contributed by atoms with Crippen molar-refractivity contribution in [1.29, 1.82) is 0 Å². The van der Waals surface area contributed by atoms with E-state index in [0.29, 0.717) is 5.39 Å². The van der Waals surface area contributed by atoms with E-state index in [1.807, 2.05) is 48.5 Å². The van der Waals surface area contributed by atoms with Gasteiger partial charge in [-0.1, -0.05) is 29.8 Å². The zero-order valence-corrected chi connectivity index (χ0v) is 15.3. The van der Waals surface area contributed by atoms with Crippen LogP contribution in [0.5, 0.6) is 0 Å². The maximum Gasteiger partial charge on any atom is 0.266 e. The van der Waals surface area contributed by atoms with Gasteiger partial charge >= 0.3 is 0 Å². The molecular formula is C21H24N4O. The first-order valence-electron chi connectivity index (χ1n) is 9.18. The van der Waals surface area contributed by atoms with E-state index in [1.165, 1.54) is 5.56 Å². The fourth-order valence-electron chi connectivity index (χ4n) is 3.61. The van der Waals surface area contributed by atoms with Gasteiger partial charge in [0.15, 0.2) is 0 Å². The lowest BCUT2D eigenvalue weighted by Gasteiger charge is -2.33. The molecule has 0 amide bonds. The van der Waals surface area contributed by atoms with Crippen molar-refractivity contribution in [3.8, 4) is 5.69 Å². The van der Waals surface area contributed by atoms with E-state index >= 15 is 0 Å². The van der Waals surface area contributed by atoms with Gasteiger partial charge in [-0.25, -0.2) is 4.98 Å². The van der Waals surface area contributed by atoms with Crippen LogP contribution in [0.2, 0.25) is 0 Å². The molecule has 1 aliphatic rings. The van der Waals surface area contributed by atoms with Gasteiger partial charge in [0.1, 0.15) is 5.82 Å². The Labute approximate surface area is 153 Å². The first kappa shape index (κ1) is 16.9. The molecule has 1 aliphatic heterocycles. The molecule has 1 unspecified atom stereocenters. The smallest absolute Gasteiger partial charge is 0.266 e. The zero-order valence-electron chi connectivity index (χ0n) is 15.3. The van der Waals surface area contributed by atoms with Crippen LogP contribution in [0.15, 0.2) is 53.3 Å². The summed E-state index contributed by atoms with van der Waals surface area (Å²) in [5, 5.41) is 4.04. The van der Waals surface area contributed by atoms with Gasteiger partial charge in [-0.2, -0.15) is 0 Å². The second-order valence-corrected chi connectivity index (χ2v) is 6.93. The molecule has 1 atom stereocenters. The summed E-state index contributed by atoms with van der Waals surface area (Å²) >= 11 is 0. The highest BCUT2D eigenvalue weighted by molar-refractivity contribution is 5.77. The van der Waals surface area contributed by atoms with Crippen LogP contribution in [0.4, 0.5) is 0 Å². The Morgan fingerprint density at radius 1 is 1.04 bits per heavy atom. The number of hydrogen-bond acceptors (Lipinski definition) is 4. The molecule has 5 heteroatoms. The van der Waals surface area contributed by atoms with Crippen LogP contribution in [-0.4, -0.2) is 40.6 Å². The SMILES string of the molecule is Cc1ccc(-n2c(C(C)N3CCNCC3)nc3ccccc3c2=O)cc1. The maximum absolute atomic E-state index is 13.3. The standard InChI is InChI=1S/C21H24N4O/c1-15-7-9-17(10-8-15)25-20(16(2)24-13-11-22-12-14-24)23-19-6-4-3-5-18(19)21(25)26/h3-10,16,22H,11-14H2,1-2H3. The average molecular weight is 348 g/mol. The molecule has 4 rings (SSSR count). The summed E-state index contributed by atoms with van der Waals surface area (Å²) in [5.41, 5.74) is 2.80. The topological polar surface area (TPSA) is 50.2 Å². The Morgan fingerprint density at radius 2 is 1.73 bits per heavy atom. The summed E-state index contributed by atoms with van der Waals surface area (Å²) in [6.45, 7) is 8.04. The fourth-order valence-corrected chi connectivity index (χ4v) is 3.61. The summed E-state index contributed by atoms with van der Waals surface area (Å²) in [5.74, 6) is 0.805. The molecule has 0 spiro atoms. The number of nitrogens with one attached hydrogen (secondary N) is 1. The van der Waals surface area contributed by atoms with Crippen molar-refractivity contribution in [2.24, 2.45) is 0 Å². The number of aromatic nitrogens is 2. The molecule has 1 saturated heterocycles. The number of para-hydroxylation sites is 1. The molecule has 26 heavy (non-hydrogen) atoms. The highest BCUT2D eigenvalue weighted by atomic mass is 16.1. The van der Waals surface area contributed by atoms with E-state index in [1.54, 1.807) is 4.57 Å². The third-order valence-corrected chi connectivity index (χ3v) is 5.17. The lowest BCUT2D eigenvalue weighted by Crippen LogP contribution is -2.45. The first-order valence-corrected chi connectivity index (χ1v) is 9.18. The Bertz CT molecular complexity index is 971. The lowest BCUT2D eigenvalue weighted by atomic mass is 10.1. The number of rotatable bonds is 3. The van der Waals surface area contributed by atoms with Crippen molar-refractivity contribution in [3.63, 3.8) is 0 Å². The third-order valence-electron chi connectivity index (χ3n) is 5.17. The molecule has 134 valence electrons. The minimum atomic E-state index is -0.00330. The Kier molecular flexibility index (Phi) is 4.57. The fraction of sp³-hybridized carbons (Fsp3) is 0.333. The van der Waals surface area contributed by atoms with E-state index in [4.69, 9.17) is 4.98 Å². The molecule has 3 aromatic rings. The molecule has 0 radical (unpaired) electrons. The largest absolute Gasteiger partial charge is 0.314 e. The van der Waals surface area contributed by atoms with E-state index in [9.17, 15) is 4.79 Å². The van der Waals surface area contributed by atoms with Gasteiger partial charge in [0.2, 0.25) is 0 Å². The summed E-state index contributed by atoms with van der Waals surface area (Å²) in [6.07, 6.45) is 0. The molecule has 5 nitrogen and oxygen atoms in total. The molecule has 1 fully saturated rings. The number of nitrogens with zero attached hydrogens (tertiary/aromatic N) is 3. The summed E-state index contributed by atoms with van der Waals surface area (Å²) in [7, 11) is 0. The molecular weight excluding hydrogens is 324 g/mol. The summed E-state index contributed by atoms with van der Waals surface area (Å²) < 4.78 is 1.79. The van der Waals surface area contributed by atoms with E-state index in [0.717, 1.165) is 43.2 Å². The van der Waals surface area contributed by atoms with Gasteiger partial charge in [0.25, 0.3) is 5.56 Å². The van der Waals surface area contributed by atoms with Gasteiger partial charge in [0.05, 0.1) is 22.6 Å². The van der Waals surface area contributed by atoms with Crippen LogP contribution in [-0.2, 0) is 0 Å². The highest BCUT2D eigenvalue weighted by Gasteiger charge is 2.24. The number of piperazine rings is 1. The number of benzene rings is 2. The Hall–Kier alpha value is -2.50. The molecule has 1 N–H and O–H groups in total. The van der Waals surface area contributed by atoms with Gasteiger partial charge in [-0.15, -0.1) is 0 Å². The van der Waals surface area contributed by atoms with E-state index in [-0.39, 0.29) is 11.6 Å². The quantitative estimate of drug-likeness (QED) is 0.791. The van der Waals surface area contributed by atoms with Crippen molar-refractivity contribution < 1.29 is 0 Å². The number of aryl methyl sites for hydroxylation is 1. The maximum atomic E-state index is 13.3. The van der Waals surface area contributed by atoms with Crippen LogP contribution < -0.4 is 10.9 Å². The predicted octanol–water partition coefficient (Wildman–Crippen LogP) is 2.66. The molecule has 0 bridgehead atoms. The van der Waals surface area contributed by atoms with E-state index < -0.39 is 0 Å². The molecule has 0 aliphatic carbocycles. The average Bonchev–Trinajstić information content (AvgIpc) is 2.69. The molecule has 0 saturated carbocycles. The Balaban J connectivity index is 1.93. The zero-order chi connectivity index (χ0) is 18.1. The van der Waals surface area contributed by atoms with Crippen LogP contribution in [0.3, 0.4) is 0 Å². The highest BCUT2D eigenvalue weighted by Crippen LogP contribution is 2.23. The molecule has 2 heterocycles. The minimum Gasteiger partial charge on any atom is -0.314 e. The summed E-state index contributed by atoms with van der Waals surface area (Å²) in [4.78, 5) is 20.6. The van der Waals surface area contributed by atoms with Crippen LogP contribution in [0, 0.1) is 6.92 Å². The van der Waals surface area contributed by atoms with Crippen molar-refractivity contribution >= 4 is 10.9 Å². The van der Waals surface area contributed by atoms with Gasteiger partial charge in [-0.05, 0) is 38.1 Å². The van der Waals surface area contributed by atoms with Crippen molar-refractivity contribution in [1.82, 2.24) is 19.8 Å². The third kappa shape index (κ3) is 3.04. The molecule has 2 aromatic carbocycles. The summed E-state index contributed by atoms with van der Waals surface area (Å²) in [6, 6.07) is 15.7. The second kappa shape index (κ2) is 7.02. The predicted molar refractivity (Wildman–Crippen MR) is 105 cm³/mol. The minimum absolute atomic E-state index is 0.00330. The van der Waals surface area contributed by atoms with Crippen LogP contribution in [0.1, 0.15) is 24.4 Å². The van der Waals surface area contributed by atoms with E-state index in [2.05, 4.69) is 24.1 Å². The Morgan fingerprint density at radius 3 is 2.46 bits per heavy atom. The second-order valence-electron chi connectivity index (χ2n) is 6.93. The van der Waals surface area contributed by atoms with Crippen molar-refractivity contribution in [2.45, 2.75) is 19.9 Å². The van der Waals surface area contributed by atoms with Crippen LogP contribution >= 0.6 is 0 Å². The number of hydrogen-bond donors (Lipinski definition) is 1. The van der Waals surface area contributed by atoms with Gasteiger partial charge < -0.3 is 5.32 Å². The normalized spacial score (nSPS) is 16.7. The van der Waals surface area contributed by atoms with Crippen molar-refractivity contribution in [3.05, 3.63) is 70.3 Å². The lowest BCUT2D eigenvalue weighted by molar-refractivity contribution is 0.177.